The van der Waals surface area contributed by atoms with E-state index in [2.05, 4.69) is 21.3 Å². The first-order chi connectivity index (χ1) is 15.5. The second kappa shape index (κ2) is 14.0. The zero-order chi connectivity index (χ0) is 25.0. The molecule has 0 aliphatic heterocycles. The molecule has 0 aliphatic carbocycles. The standard InChI is InChI=1S/C22H36N4O6S/c1-5-10-17(26-21(29)18(23-6-2)14-33(4,31)32)20(28)22(30)24-13-19(27)25-15(3)16-11-8-7-9-12-16/h7-9,11-12,15,17-18,22-24,30H,5-6,10,13-14H2,1-4H3,(H,25,27)(H,26,29)/t15-,17?,18?,22+/m1/s1. The molecule has 10 nitrogen and oxygen atoms in total. The molecular weight excluding hydrogens is 448 g/mol. The molecule has 1 aromatic rings. The highest BCUT2D eigenvalue weighted by Crippen LogP contribution is 2.10. The van der Waals surface area contributed by atoms with E-state index >= 15 is 0 Å². The number of sulfone groups is 1. The fraction of sp³-hybridized carbons (Fsp3) is 0.591. The van der Waals surface area contributed by atoms with Crippen molar-refractivity contribution in [3.05, 3.63) is 35.9 Å². The van der Waals surface area contributed by atoms with Gasteiger partial charge in [0.15, 0.2) is 12.0 Å². The van der Waals surface area contributed by atoms with Crippen LogP contribution >= 0.6 is 0 Å². The zero-order valence-corrected chi connectivity index (χ0v) is 20.4. The van der Waals surface area contributed by atoms with Gasteiger partial charge in [-0.2, -0.15) is 0 Å². The van der Waals surface area contributed by atoms with E-state index < -0.39 is 51.5 Å². The van der Waals surface area contributed by atoms with Crippen LogP contribution in [0.4, 0.5) is 0 Å². The molecule has 186 valence electrons. The Morgan fingerprint density at radius 3 is 2.18 bits per heavy atom. The average molecular weight is 485 g/mol. The smallest absolute Gasteiger partial charge is 0.238 e. The maximum Gasteiger partial charge on any atom is 0.238 e. The van der Waals surface area contributed by atoms with Gasteiger partial charge in [-0.25, -0.2) is 8.42 Å². The Kier molecular flexibility index (Phi) is 12.2. The summed E-state index contributed by atoms with van der Waals surface area (Å²) in [6, 6.07) is 7.03. The molecular formula is C22H36N4O6S. The van der Waals surface area contributed by atoms with E-state index in [4.69, 9.17) is 0 Å². The van der Waals surface area contributed by atoms with Crippen molar-refractivity contribution >= 4 is 27.4 Å². The normalized spacial score (nSPS) is 15.2. The van der Waals surface area contributed by atoms with Crippen LogP contribution in [0, 0.1) is 0 Å². The number of aliphatic hydroxyl groups excluding tert-OH is 1. The summed E-state index contributed by atoms with van der Waals surface area (Å²) >= 11 is 0. The van der Waals surface area contributed by atoms with Gasteiger partial charge in [0.05, 0.1) is 24.4 Å². The molecule has 0 bridgehead atoms. The monoisotopic (exact) mass is 484 g/mol. The van der Waals surface area contributed by atoms with Crippen molar-refractivity contribution in [3.63, 3.8) is 0 Å². The lowest BCUT2D eigenvalue weighted by Gasteiger charge is -2.24. The minimum atomic E-state index is -3.44. The van der Waals surface area contributed by atoms with Gasteiger partial charge in [-0.1, -0.05) is 50.6 Å². The molecule has 2 amide bonds. The highest BCUT2D eigenvalue weighted by atomic mass is 32.2. The Hall–Kier alpha value is -2.34. The Morgan fingerprint density at radius 1 is 1.00 bits per heavy atom. The number of benzene rings is 1. The van der Waals surface area contributed by atoms with E-state index in [1.54, 1.807) is 6.92 Å². The highest BCUT2D eigenvalue weighted by molar-refractivity contribution is 7.90. The molecule has 4 atom stereocenters. The van der Waals surface area contributed by atoms with Gasteiger partial charge in [-0.05, 0) is 25.5 Å². The second-order valence-corrected chi connectivity index (χ2v) is 10.1. The van der Waals surface area contributed by atoms with Crippen LogP contribution in [-0.2, 0) is 24.2 Å². The van der Waals surface area contributed by atoms with Gasteiger partial charge < -0.3 is 21.1 Å². The SMILES string of the molecule is CCCC(NC(=O)C(CS(C)(=O)=O)NCC)C(=O)[C@H](O)NCC(=O)N[C@H](C)c1ccccc1. The lowest BCUT2D eigenvalue weighted by atomic mass is 10.1. The summed E-state index contributed by atoms with van der Waals surface area (Å²) in [7, 11) is -3.44. The van der Waals surface area contributed by atoms with Crippen molar-refractivity contribution in [2.75, 3.05) is 25.1 Å². The molecule has 2 unspecified atom stereocenters. The quantitative estimate of drug-likeness (QED) is 0.212. The predicted molar refractivity (Wildman–Crippen MR) is 126 cm³/mol. The van der Waals surface area contributed by atoms with E-state index in [1.165, 1.54) is 0 Å². The molecule has 0 heterocycles. The van der Waals surface area contributed by atoms with Gasteiger partial charge in [-0.3, -0.25) is 19.7 Å². The van der Waals surface area contributed by atoms with Crippen LogP contribution in [0.3, 0.4) is 0 Å². The zero-order valence-electron chi connectivity index (χ0n) is 19.6. The van der Waals surface area contributed by atoms with Crippen LogP contribution in [0.25, 0.3) is 0 Å². The van der Waals surface area contributed by atoms with Crippen LogP contribution < -0.4 is 21.3 Å². The topological polar surface area (TPSA) is 154 Å². The van der Waals surface area contributed by atoms with Crippen molar-refractivity contribution < 1.29 is 27.9 Å². The molecule has 11 heteroatoms. The maximum atomic E-state index is 12.7. The fourth-order valence-corrected chi connectivity index (χ4v) is 4.10. The first-order valence-electron chi connectivity index (χ1n) is 11.0. The van der Waals surface area contributed by atoms with Crippen LogP contribution in [-0.4, -0.2) is 74.5 Å². The Morgan fingerprint density at radius 2 is 1.64 bits per heavy atom. The summed E-state index contributed by atoms with van der Waals surface area (Å²) in [6.45, 7) is 5.42. The molecule has 5 N–H and O–H groups in total. The number of likely N-dealkylation sites (N-methyl/N-ethyl adjacent to an activating group) is 1. The Bertz CT molecular complexity index is 878. The third-order valence-corrected chi connectivity index (χ3v) is 5.82. The van der Waals surface area contributed by atoms with E-state index in [1.807, 2.05) is 44.2 Å². The van der Waals surface area contributed by atoms with E-state index in [0.717, 1.165) is 11.8 Å². The van der Waals surface area contributed by atoms with Crippen LogP contribution in [0.1, 0.15) is 45.2 Å². The van der Waals surface area contributed by atoms with E-state index in [-0.39, 0.29) is 19.0 Å². The third kappa shape index (κ3) is 10.9. The minimum Gasteiger partial charge on any atom is -0.371 e. The minimum absolute atomic E-state index is 0.248. The molecule has 0 aliphatic rings. The van der Waals surface area contributed by atoms with Crippen LogP contribution in [0.5, 0.6) is 0 Å². The number of nitrogens with one attached hydrogen (secondary N) is 4. The van der Waals surface area contributed by atoms with Gasteiger partial charge in [0.1, 0.15) is 15.9 Å². The van der Waals surface area contributed by atoms with Gasteiger partial charge in [0.2, 0.25) is 11.8 Å². The fourth-order valence-electron chi connectivity index (χ4n) is 3.22. The Labute approximate surface area is 195 Å². The summed E-state index contributed by atoms with van der Waals surface area (Å²) in [5.41, 5.74) is 0.914. The molecule has 33 heavy (non-hydrogen) atoms. The van der Waals surface area contributed by atoms with Crippen molar-refractivity contribution in [1.29, 1.82) is 0 Å². The number of ketones is 1. The summed E-state index contributed by atoms with van der Waals surface area (Å²) in [5.74, 6) is -2.17. The van der Waals surface area contributed by atoms with Crippen molar-refractivity contribution in [2.45, 2.75) is 58.0 Å². The molecule has 1 aromatic carbocycles. The van der Waals surface area contributed by atoms with Crippen molar-refractivity contribution in [3.8, 4) is 0 Å². The third-order valence-electron chi connectivity index (χ3n) is 4.88. The molecule has 0 fully saturated rings. The molecule has 0 saturated heterocycles. The molecule has 0 spiro atoms. The van der Waals surface area contributed by atoms with Crippen LogP contribution in [0.15, 0.2) is 30.3 Å². The average Bonchev–Trinajstić information content (AvgIpc) is 2.76. The van der Waals surface area contributed by atoms with E-state index in [0.29, 0.717) is 13.0 Å². The largest absolute Gasteiger partial charge is 0.371 e. The number of Topliss-reactive ketones (excluding diaryl/α,β-unsaturated/α-hetero) is 1. The first kappa shape index (κ1) is 28.7. The molecule has 0 radical (unpaired) electrons. The summed E-state index contributed by atoms with van der Waals surface area (Å²) in [6.07, 6.45) is 0.137. The number of hydrogen-bond donors (Lipinski definition) is 5. The predicted octanol–water partition coefficient (Wildman–Crippen LogP) is -0.351. The van der Waals surface area contributed by atoms with Gasteiger partial charge in [0.25, 0.3) is 0 Å². The van der Waals surface area contributed by atoms with Crippen molar-refractivity contribution in [1.82, 2.24) is 21.3 Å². The Balaban J connectivity index is 2.68. The molecule has 1 rings (SSSR count). The second-order valence-electron chi connectivity index (χ2n) is 7.94. The lowest BCUT2D eigenvalue weighted by molar-refractivity contribution is -0.135. The van der Waals surface area contributed by atoms with Crippen molar-refractivity contribution in [2.24, 2.45) is 0 Å². The maximum absolute atomic E-state index is 12.7. The number of amides is 2. The molecule has 0 aromatic heterocycles. The first-order valence-corrected chi connectivity index (χ1v) is 13.1. The number of carbonyl (C=O) groups excluding carboxylic acids is 3. The number of hydrogen-bond acceptors (Lipinski definition) is 8. The lowest BCUT2D eigenvalue weighted by Crippen LogP contribution is -2.56. The number of carbonyl (C=O) groups is 3. The summed E-state index contributed by atoms with van der Waals surface area (Å²) in [4.78, 5) is 37.5. The molecule has 0 saturated carbocycles. The highest BCUT2D eigenvalue weighted by Gasteiger charge is 2.30. The van der Waals surface area contributed by atoms with Gasteiger partial charge >= 0.3 is 0 Å². The van der Waals surface area contributed by atoms with E-state index in [9.17, 15) is 27.9 Å². The summed E-state index contributed by atoms with van der Waals surface area (Å²) < 4.78 is 23.2. The number of rotatable bonds is 15. The number of aliphatic hydroxyl groups is 1. The van der Waals surface area contributed by atoms with Gasteiger partial charge in [0, 0.05) is 6.26 Å². The summed E-state index contributed by atoms with van der Waals surface area (Å²) in [5, 5.41) is 20.8. The van der Waals surface area contributed by atoms with Crippen LogP contribution in [0.2, 0.25) is 0 Å². The van der Waals surface area contributed by atoms with Gasteiger partial charge in [-0.15, -0.1) is 0 Å².